The van der Waals surface area contributed by atoms with E-state index in [2.05, 4.69) is 23.1 Å². The van der Waals surface area contributed by atoms with E-state index in [4.69, 9.17) is 4.74 Å². The Bertz CT molecular complexity index is 1000. The van der Waals surface area contributed by atoms with E-state index >= 15 is 0 Å². The largest absolute Gasteiger partial charge is 0.493 e. The van der Waals surface area contributed by atoms with E-state index in [0.29, 0.717) is 13.1 Å². The zero-order chi connectivity index (χ0) is 21.4. The zero-order valence-corrected chi connectivity index (χ0v) is 17.4. The molecule has 0 spiro atoms. The van der Waals surface area contributed by atoms with Gasteiger partial charge in [-0.3, -0.25) is 14.5 Å². The maximum Gasteiger partial charge on any atom is 0.228 e. The summed E-state index contributed by atoms with van der Waals surface area (Å²) >= 11 is 0. The fraction of sp³-hybridized carbons (Fsp3) is 0.417. The summed E-state index contributed by atoms with van der Waals surface area (Å²) in [6, 6.07) is 12.6. The lowest BCUT2D eigenvalue weighted by Crippen LogP contribution is -2.50. The molecule has 2 amide bonds. The highest BCUT2D eigenvalue weighted by Gasteiger charge is 2.38. The van der Waals surface area contributed by atoms with Crippen molar-refractivity contribution in [1.82, 2.24) is 9.80 Å². The molecule has 2 saturated heterocycles. The average Bonchev–Trinajstić information content (AvgIpc) is 3.40. The molecule has 0 N–H and O–H groups in total. The van der Waals surface area contributed by atoms with Crippen molar-refractivity contribution < 1.29 is 18.7 Å². The second-order valence-corrected chi connectivity index (χ2v) is 8.50. The molecule has 0 radical (unpaired) electrons. The van der Waals surface area contributed by atoms with Gasteiger partial charge in [-0.2, -0.15) is 0 Å². The van der Waals surface area contributed by atoms with Crippen LogP contribution >= 0.6 is 0 Å². The number of carbonyl (C=O) groups is 2. The first-order chi connectivity index (χ1) is 15.1. The van der Waals surface area contributed by atoms with Crippen molar-refractivity contribution in [2.45, 2.75) is 19.4 Å². The smallest absolute Gasteiger partial charge is 0.228 e. The number of anilines is 1. The van der Waals surface area contributed by atoms with Crippen molar-refractivity contribution in [3.63, 3.8) is 0 Å². The van der Waals surface area contributed by atoms with Gasteiger partial charge in [-0.05, 0) is 29.3 Å². The van der Waals surface area contributed by atoms with Gasteiger partial charge in [0.2, 0.25) is 11.8 Å². The first-order valence-corrected chi connectivity index (χ1v) is 10.9. The molecule has 7 heteroatoms. The molecule has 2 fully saturated rings. The predicted octanol–water partition coefficient (Wildman–Crippen LogP) is 2.46. The van der Waals surface area contributed by atoms with Gasteiger partial charge in [-0.25, -0.2) is 4.39 Å². The third kappa shape index (κ3) is 4.02. The maximum absolute atomic E-state index is 14.1. The minimum absolute atomic E-state index is 0.00141. The van der Waals surface area contributed by atoms with Crippen molar-refractivity contribution in [2.24, 2.45) is 5.92 Å². The summed E-state index contributed by atoms with van der Waals surface area (Å²) in [6.45, 7) is 4.77. The lowest BCUT2D eigenvalue weighted by Gasteiger charge is -2.36. The number of ether oxygens (including phenoxy) is 1. The van der Waals surface area contributed by atoms with Crippen LogP contribution in [0.4, 0.5) is 10.1 Å². The number of fused-ring (bicyclic) bond motifs is 1. The molecule has 0 unspecified atom stereocenters. The Labute approximate surface area is 181 Å². The molecule has 2 aromatic carbocycles. The molecule has 5 rings (SSSR count). The van der Waals surface area contributed by atoms with Crippen LogP contribution in [0.15, 0.2) is 42.5 Å². The monoisotopic (exact) mass is 423 g/mol. The standard InChI is InChI=1S/C24H26FN3O3/c25-20-3-1-2-4-21(20)28-16-19(14-23(28)29)24(30)27-10-8-26(9-11-27)15-17-5-6-22-18(13-17)7-12-31-22/h1-6,13,19H,7-12,14-16H2/t19-/m1/s1. The van der Waals surface area contributed by atoms with Crippen molar-refractivity contribution >= 4 is 17.5 Å². The second-order valence-electron chi connectivity index (χ2n) is 8.50. The van der Waals surface area contributed by atoms with E-state index in [1.54, 1.807) is 18.2 Å². The summed E-state index contributed by atoms with van der Waals surface area (Å²) < 4.78 is 19.7. The number of halogens is 1. The van der Waals surface area contributed by atoms with E-state index in [9.17, 15) is 14.0 Å². The predicted molar refractivity (Wildman–Crippen MR) is 114 cm³/mol. The number of piperazine rings is 1. The highest BCUT2D eigenvalue weighted by molar-refractivity contribution is 6.00. The van der Waals surface area contributed by atoms with Gasteiger partial charge in [0.1, 0.15) is 11.6 Å². The molecule has 6 nitrogen and oxygen atoms in total. The third-order valence-electron chi connectivity index (χ3n) is 6.46. The molecule has 0 aromatic heterocycles. The number of hydrogen-bond donors (Lipinski definition) is 0. The van der Waals surface area contributed by atoms with Crippen LogP contribution in [-0.4, -0.2) is 60.9 Å². The first-order valence-electron chi connectivity index (χ1n) is 10.9. The van der Waals surface area contributed by atoms with Gasteiger partial charge in [-0.15, -0.1) is 0 Å². The van der Waals surface area contributed by atoms with Gasteiger partial charge in [0.05, 0.1) is 18.2 Å². The summed E-state index contributed by atoms with van der Waals surface area (Å²) in [5.74, 6) is -0.0371. The number of nitrogens with zero attached hydrogens (tertiary/aromatic N) is 3. The third-order valence-corrected chi connectivity index (χ3v) is 6.46. The molecule has 3 aliphatic heterocycles. The van der Waals surface area contributed by atoms with Crippen LogP contribution in [0.5, 0.6) is 5.75 Å². The van der Waals surface area contributed by atoms with E-state index in [1.165, 1.54) is 22.1 Å². The molecule has 0 saturated carbocycles. The number of benzene rings is 2. The Morgan fingerprint density at radius 3 is 2.71 bits per heavy atom. The van der Waals surface area contributed by atoms with Gasteiger partial charge in [-0.1, -0.05) is 24.3 Å². The van der Waals surface area contributed by atoms with Gasteiger partial charge in [0, 0.05) is 52.1 Å². The lowest BCUT2D eigenvalue weighted by atomic mass is 10.1. The van der Waals surface area contributed by atoms with Crippen LogP contribution in [0.25, 0.3) is 0 Å². The molecule has 0 bridgehead atoms. The topological polar surface area (TPSA) is 53.1 Å². The van der Waals surface area contributed by atoms with Gasteiger partial charge in [0.15, 0.2) is 0 Å². The van der Waals surface area contributed by atoms with Gasteiger partial charge < -0.3 is 14.5 Å². The molecular formula is C24H26FN3O3. The number of rotatable bonds is 4. The van der Waals surface area contributed by atoms with Crippen molar-refractivity contribution in [3.05, 3.63) is 59.4 Å². The van der Waals surface area contributed by atoms with Gasteiger partial charge in [0.25, 0.3) is 0 Å². The summed E-state index contributed by atoms with van der Waals surface area (Å²) in [6.07, 6.45) is 1.11. The Morgan fingerprint density at radius 2 is 1.90 bits per heavy atom. The van der Waals surface area contributed by atoms with Crippen LogP contribution in [0.3, 0.4) is 0 Å². The summed E-state index contributed by atoms with van der Waals surface area (Å²) in [5, 5.41) is 0. The van der Waals surface area contributed by atoms with Gasteiger partial charge >= 0.3 is 0 Å². The molecule has 1 atom stereocenters. The fourth-order valence-electron chi connectivity index (χ4n) is 4.76. The number of amides is 2. The van der Waals surface area contributed by atoms with Crippen LogP contribution in [0, 0.1) is 11.7 Å². The molecule has 3 aliphatic rings. The minimum atomic E-state index is -0.435. The Kier molecular flexibility index (Phi) is 5.36. The van der Waals surface area contributed by atoms with E-state index in [-0.39, 0.29) is 30.5 Å². The Morgan fingerprint density at radius 1 is 1.10 bits per heavy atom. The van der Waals surface area contributed by atoms with E-state index < -0.39 is 11.7 Å². The molecular weight excluding hydrogens is 397 g/mol. The zero-order valence-electron chi connectivity index (χ0n) is 17.4. The maximum atomic E-state index is 14.1. The second kappa shape index (κ2) is 8.30. The summed E-state index contributed by atoms with van der Waals surface area (Å²) in [4.78, 5) is 31.1. The van der Waals surface area contributed by atoms with Crippen LogP contribution < -0.4 is 9.64 Å². The molecule has 2 aromatic rings. The molecule has 3 heterocycles. The number of carbonyl (C=O) groups excluding carboxylic acids is 2. The van der Waals surface area contributed by atoms with E-state index in [0.717, 1.165) is 38.4 Å². The fourth-order valence-corrected chi connectivity index (χ4v) is 4.76. The van der Waals surface area contributed by atoms with Crippen LogP contribution in [0.2, 0.25) is 0 Å². The van der Waals surface area contributed by atoms with Crippen LogP contribution in [0.1, 0.15) is 17.5 Å². The number of para-hydroxylation sites is 1. The first kappa shape index (κ1) is 20.0. The normalized spacial score (nSPS) is 21.3. The average molecular weight is 423 g/mol. The highest BCUT2D eigenvalue weighted by atomic mass is 19.1. The van der Waals surface area contributed by atoms with Crippen molar-refractivity contribution in [3.8, 4) is 5.75 Å². The highest BCUT2D eigenvalue weighted by Crippen LogP contribution is 2.29. The van der Waals surface area contributed by atoms with Crippen molar-refractivity contribution in [1.29, 1.82) is 0 Å². The lowest BCUT2D eigenvalue weighted by molar-refractivity contribution is -0.137. The minimum Gasteiger partial charge on any atom is -0.493 e. The quantitative estimate of drug-likeness (QED) is 0.758. The summed E-state index contributed by atoms with van der Waals surface area (Å²) in [7, 11) is 0. The summed E-state index contributed by atoms with van der Waals surface area (Å²) in [5.41, 5.74) is 2.80. The SMILES string of the molecule is O=C([C@@H]1CC(=O)N(c2ccccc2F)C1)N1CCN(Cc2ccc3c(c2)CCO3)CC1. The molecule has 0 aliphatic carbocycles. The molecule has 162 valence electrons. The molecule has 31 heavy (non-hydrogen) atoms. The Balaban J connectivity index is 1.16. The van der Waals surface area contributed by atoms with E-state index in [1.807, 2.05) is 4.90 Å². The Hall–Kier alpha value is -2.93. The number of hydrogen-bond acceptors (Lipinski definition) is 4. The van der Waals surface area contributed by atoms with Crippen LogP contribution in [-0.2, 0) is 22.6 Å². The van der Waals surface area contributed by atoms with Crippen molar-refractivity contribution in [2.75, 3.05) is 44.2 Å².